The van der Waals surface area contributed by atoms with E-state index in [1.165, 1.54) is 22.5 Å². The number of benzene rings is 2. The van der Waals surface area contributed by atoms with Gasteiger partial charge in [-0.2, -0.15) is 0 Å². The van der Waals surface area contributed by atoms with Crippen LogP contribution < -0.4 is 10.3 Å². The molecule has 0 saturated heterocycles. The van der Waals surface area contributed by atoms with Gasteiger partial charge in [-0.05, 0) is 41.1 Å². The van der Waals surface area contributed by atoms with Crippen LogP contribution in [0.1, 0.15) is 11.1 Å². The van der Waals surface area contributed by atoms with Gasteiger partial charge in [-0.3, -0.25) is 9.36 Å². The Balaban J connectivity index is 1.60. The molecule has 0 saturated carbocycles. The molecule has 6 heteroatoms. The van der Waals surface area contributed by atoms with Crippen LogP contribution >= 0.6 is 23.1 Å². The van der Waals surface area contributed by atoms with E-state index in [1.54, 1.807) is 18.9 Å². The molecule has 0 amide bonds. The van der Waals surface area contributed by atoms with Crippen LogP contribution in [0, 0.1) is 0 Å². The number of nitrogens with zero attached hydrogens (tertiary/aromatic N) is 2. The van der Waals surface area contributed by atoms with Crippen LogP contribution in [-0.4, -0.2) is 16.7 Å². The third kappa shape index (κ3) is 4.13. The molecule has 4 nitrogen and oxygen atoms in total. The van der Waals surface area contributed by atoms with Crippen molar-refractivity contribution in [1.29, 1.82) is 0 Å². The molecule has 0 spiro atoms. The van der Waals surface area contributed by atoms with E-state index in [2.05, 4.69) is 12.1 Å². The molecular formula is C22H20N2O2S2. The van der Waals surface area contributed by atoms with Gasteiger partial charge in [0.25, 0.3) is 5.56 Å². The summed E-state index contributed by atoms with van der Waals surface area (Å²) in [4.78, 5) is 17.8. The zero-order valence-electron chi connectivity index (χ0n) is 15.5. The Labute approximate surface area is 171 Å². The van der Waals surface area contributed by atoms with Gasteiger partial charge in [-0.25, -0.2) is 4.98 Å². The minimum absolute atomic E-state index is 0.0492. The largest absolute Gasteiger partial charge is 0.497 e. The number of hydrogen-bond acceptors (Lipinski definition) is 5. The van der Waals surface area contributed by atoms with E-state index in [0.717, 1.165) is 33.3 Å². The molecule has 0 aliphatic carbocycles. The number of hydrogen-bond donors (Lipinski definition) is 0. The fourth-order valence-corrected chi connectivity index (χ4v) is 4.75. The third-order valence-electron chi connectivity index (χ3n) is 4.52. The Hall–Kier alpha value is -2.57. The van der Waals surface area contributed by atoms with Gasteiger partial charge in [0.05, 0.1) is 12.6 Å². The van der Waals surface area contributed by atoms with Crippen molar-refractivity contribution in [1.82, 2.24) is 9.55 Å². The first kappa shape index (κ1) is 18.8. The number of aryl methyl sites for hydroxylation is 1. The lowest BCUT2D eigenvalue weighted by molar-refractivity contribution is 0.414. The summed E-state index contributed by atoms with van der Waals surface area (Å²) < 4.78 is 7.76. The maximum atomic E-state index is 13.0. The first-order valence-electron chi connectivity index (χ1n) is 9.02. The molecule has 0 aliphatic heterocycles. The maximum Gasteiger partial charge on any atom is 0.272 e. The highest BCUT2D eigenvalue weighted by molar-refractivity contribution is 7.98. The Kier molecular flexibility index (Phi) is 5.78. The van der Waals surface area contributed by atoms with Gasteiger partial charge in [0.15, 0.2) is 5.16 Å². The summed E-state index contributed by atoms with van der Waals surface area (Å²) in [6.45, 7) is 0.620. The molecule has 2 aromatic carbocycles. The lowest BCUT2D eigenvalue weighted by Gasteiger charge is -2.12. The molecule has 0 radical (unpaired) electrons. The van der Waals surface area contributed by atoms with Crippen molar-refractivity contribution in [2.45, 2.75) is 23.9 Å². The average Bonchev–Trinajstić information content (AvgIpc) is 3.22. The van der Waals surface area contributed by atoms with E-state index >= 15 is 0 Å². The summed E-state index contributed by atoms with van der Waals surface area (Å²) in [7, 11) is 1.66. The van der Waals surface area contributed by atoms with Crippen LogP contribution in [0.4, 0.5) is 0 Å². The minimum Gasteiger partial charge on any atom is -0.497 e. The van der Waals surface area contributed by atoms with E-state index < -0.39 is 0 Å². The monoisotopic (exact) mass is 408 g/mol. The van der Waals surface area contributed by atoms with Crippen LogP contribution in [0.15, 0.2) is 76.0 Å². The summed E-state index contributed by atoms with van der Waals surface area (Å²) in [5.74, 6) is 1.59. The van der Waals surface area contributed by atoms with Crippen LogP contribution in [-0.2, 0) is 18.7 Å². The number of aromatic nitrogens is 2. The quantitative estimate of drug-likeness (QED) is 0.319. The summed E-state index contributed by atoms with van der Waals surface area (Å²) >= 11 is 3.05. The molecule has 0 aliphatic rings. The first-order valence-corrected chi connectivity index (χ1v) is 10.9. The third-order valence-corrected chi connectivity index (χ3v) is 6.46. The smallest absolute Gasteiger partial charge is 0.272 e. The van der Waals surface area contributed by atoms with Crippen LogP contribution in [0.5, 0.6) is 5.75 Å². The molecular weight excluding hydrogens is 388 g/mol. The second-order valence-electron chi connectivity index (χ2n) is 6.36. The van der Waals surface area contributed by atoms with E-state index in [0.29, 0.717) is 6.54 Å². The van der Waals surface area contributed by atoms with E-state index in [-0.39, 0.29) is 5.56 Å². The van der Waals surface area contributed by atoms with Crippen molar-refractivity contribution in [2.24, 2.45) is 0 Å². The predicted molar refractivity (Wildman–Crippen MR) is 117 cm³/mol. The number of fused-ring (bicyclic) bond motifs is 1. The molecule has 0 bridgehead atoms. The highest BCUT2D eigenvalue weighted by Crippen LogP contribution is 2.25. The van der Waals surface area contributed by atoms with Crippen LogP contribution in [0.25, 0.3) is 10.2 Å². The number of thioether (sulfide) groups is 1. The van der Waals surface area contributed by atoms with Crippen molar-refractivity contribution in [3.63, 3.8) is 0 Å². The van der Waals surface area contributed by atoms with E-state index in [9.17, 15) is 4.79 Å². The fourth-order valence-electron chi connectivity index (χ4n) is 2.99. The molecule has 142 valence electrons. The van der Waals surface area contributed by atoms with Crippen LogP contribution in [0.3, 0.4) is 0 Å². The lowest BCUT2D eigenvalue weighted by atomic mass is 10.1. The highest BCUT2D eigenvalue weighted by Gasteiger charge is 2.13. The van der Waals surface area contributed by atoms with Gasteiger partial charge in [0.1, 0.15) is 10.4 Å². The summed E-state index contributed by atoms with van der Waals surface area (Å²) in [5.41, 5.74) is 3.21. The molecule has 0 fully saturated rings. The van der Waals surface area contributed by atoms with Crippen LogP contribution in [0.2, 0.25) is 0 Å². The van der Waals surface area contributed by atoms with Gasteiger partial charge in [0, 0.05) is 12.3 Å². The summed E-state index contributed by atoms with van der Waals surface area (Å²) in [6.07, 6.45) is 0.801. The molecule has 0 unspecified atom stereocenters. The van der Waals surface area contributed by atoms with Gasteiger partial charge in [-0.1, -0.05) is 54.2 Å². The molecule has 0 atom stereocenters. The fraction of sp³-hybridized carbons (Fsp3) is 0.182. The molecule has 4 aromatic rings. The van der Waals surface area contributed by atoms with Gasteiger partial charge in [-0.15, -0.1) is 11.3 Å². The second-order valence-corrected chi connectivity index (χ2v) is 8.22. The molecule has 2 heterocycles. The van der Waals surface area contributed by atoms with E-state index in [1.807, 2.05) is 58.5 Å². The Bertz CT molecular complexity index is 1120. The standard InChI is InChI=1S/C22H20N2O2S2/c1-26-18-9-7-17(8-10-18)15-28-22-23-19-12-14-27-20(19)21(25)24(22)13-11-16-5-3-2-4-6-16/h2-10,12,14H,11,13,15H2,1H3. The SMILES string of the molecule is COc1ccc(CSc2nc3ccsc3c(=O)n2CCc2ccccc2)cc1. The Morgan fingerprint density at radius 3 is 2.57 bits per heavy atom. The van der Waals surface area contributed by atoms with Gasteiger partial charge in [0.2, 0.25) is 0 Å². The molecule has 0 N–H and O–H groups in total. The number of thiophene rings is 1. The van der Waals surface area contributed by atoms with Crippen molar-refractivity contribution >= 4 is 33.3 Å². The number of rotatable bonds is 7. The van der Waals surface area contributed by atoms with E-state index in [4.69, 9.17) is 9.72 Å². The average molecular weight is 409 g/mol. The second kappa shape index (κ2) is 8.63. The summed E-state index contributed by atoms with van der Waals surface area (Å²) in [6, 6.07) is 20.1. The normalized spacial score (nSPS) is 11.0. The van der Waals surface area contributed by atoms with Gasteiger partial charge >= 0.3 is 0 Å². The van der Waals surface area contributed by atoms with Crippen molar-refractivity contribution < 1.29 is 4.74 Å². The zero-order valence-corrected chi connectivity index (χ0v) is 17.1. The maximum absolute atomic E-state index is 13.0. The first-order chi connectivity index (χ1) is 13.7. The van der Waals surface area contributed by atoms with Crippen molar-refractivity contribution in [3.05, 3.63) is 87.5 Å². The number of methoxy groups -OCH3 is 1. The Morgan fingerprint density at radius 2 is 1.82 bits per heavy atom. The molecule has 4 rings (SSSR count). The predicted octanol–water partition coefficient (Wildman–Crippen LogP) is 5.00. The van der Waals surface area contributed by atoms with Crippen molar-refractivity contribution in [2.75, 3.05) is 7.11 Å². The zero-order chi connectivity index (χ0) is 19.3. The Morgan fingerprint density at radius 1 is 1.04 bits per heavy atom. The lowest BCUT2D eigenvalue weighted by Crippen LogP contribution is -2.23. The summed E-state index contributed by atoms with van der Waals surface area (Å²) in [5, 5.41) is 2.70. The topological polar surface area (TPSA) is 44.1 Å². The van der Waals surface area contributed by atoms with Crippen molar-refractivity contribution in [3.8, 4) is 5.75 Å². The van der Waals surface area contributed by atoms with Gasteiger partial charge < -0.3 is 4.74 Å². The molecule has 28 heavy (non-hydrogen) atoms. The minimum atomic E-state index is 0.0492. The molecule has 2 aromatic heterocycles. The number of ether oxygens (including phenoxy) is 1. The highest BCUT2D eigenvalue weighted by atomic mass is 32.2.